The SMILES string of the molecule is Cc1ccc(S(=O)(=O)N(C)CC(=O)NC(C)c2ccc(S(N)(=O)=O)cc2)cc1. The average Bonchev–Trinajstić information content (AvgIpc) is 2.61. The zero-order valence-corrected chi connectivity index (χ0v) is 17.4. The van der Waals surface area contributed by atoms with E-state index in [2.05, 4.69) is 5.32 Å². The first kappa shape index (κ1) is 22.0. The van der Waals surface area contributed by atoms with Crippen molar-refractivity contribution < 1.29 is 21.6 Å². The second-order valence-electron chi connectivity index (χ2n) is 6.48. The summed E-state index contributed by atoms with van der Waals surface area (Å²) in [6, 6.07) is 11.7. The van der Waals surface area contributed by atoms with Crippen LogP contribution in [0.1, 0.15) is 24.1 Å². The van der Waals surface area contributed by atoms with Gasteiger partial charge in [0.25, 0.3) is 0 Å². The number of primary sulfonamides is 1. The monoisotopic (exact) mass is 425 g/mol. The maximum Gasteiger partial charge on any atom is 0.243 e. The van der Waals surface area contributed by atoms with E-state index in [1.54, 1.807) is 19.1 Å². The minimum Gasteiger partial charge on any atom is -0.348 e. The molecule has 1 unspecified atom stereocenters. The second-order valence-corrected chi connectivity index (χ2v) is 10.1. The fraction of sp³-hybridized carbons (Fsp3) is 0.278. The maximum atomic E-state index is 12.5. The lowest BCUT2D eigenvalue weighted by atomic mass is 10.1. The van der Waals surface area contributed by atoms with Crippen LogP contribution in [-0.2, 0) is 24.8 Å². The highest BCUT2D eigenvalue weighted by molar-refractivity contribution is 7.89. The van der Waals surface area contributed by atoms with Gasteiger partial charge in [0.1, 0.15) is 0 Å². The topological polar surface area (TPSA) is 127 Å². The summed E-state index contributed by atoms with van der Waals surface area (Å²) < 4.78 is 48.6. The third kappa shape index (κ3) is 5.38. The highest BCUT2D eigenvalue weighted by atomic mass is 32.2. The number of hydrogen-bond acceptors (Lipinski definition) is 5. The zero-order chi connectivity index (χ0) is 21.1. The van der Waals surface area contributed by atoms with E-state index in [4.69, 9.17) is 5.14 Å². The second kappa shape index (κ2) is 8.39. The van der Waals surface area contributed by atoms with Gasteiger partial charge < -0.3 is 5.32 Å². The number of carbonyl (C=O) groups excluding carboxylic acids is 1. The summed E-state index contributed by atoms with van der Waals surface area (Å²) in [4.78, 5) is 12.3. The van der Waals surface area contributed by atoms with Crippen molar-refractivity contribution in [1.29, 1.82) is 0 Å². The van der Waals surface area contributed by atoms with Crippen LogP contribution in [0.15, 0.2) is 58.3 Å². The number of rotatable bonds is 7. The summed E-state index contributed by atoms with van der Waals surface area (Å²) in [5, 5.41) is 7.75. The summed E-state index contributed by atoms with van der Waals surface area (Å²) in [6.07, 6.45) is 0. The van der Waals surface area contributed by atoms with Crippen LogP contribution < -0.4 is 10.5 Å². The van der Waals surface area contributed by atoms with E-state index in [1.807, 2.05) is 6.92 Å². The standard InChI is InChI=1S/C18H23N3O5S2/c1-13-4-8-17(9-5-13)28(25,26)21(3)12-18(22)20-14(2)15-6-10-16(11-7-15)27(19,23)24/h4-11,14H,12H2,1-3H3,(H,20,22)(H2,19,23,24). The fourth-order valence-corrected chi connectivity index (χ4v) is 4.14. The Morgan fingerprint density at radius 1 is 1.00 bits per heavy atom. The largest absolute Gasteiger partial charge is 0.348 e. The van der Waals surface area contributed by atoms with Gasteiger partial charge in [-0.05, 0) is 43.7 Å². The van der Waals surface area contributed by atoms with Gasteiger partial charge in [0.15, 0.2) is 0 Å². The molecule has 152 valence electrons. The minimum absolute atomic E-state index is 0.0290. The van der Waals surface area contributed by atoms with Crippen molar-refractivity contribution in [2.24, 2.45) is 5.14 Å². The lowest BCUT2D eigenvalue weighted by molar-refractivity contribution is -0.121. The normalized spacial score (nSPS) is 13.3. The van der Waals surface area contributed by atoms with Crippen molar-refractivity contribution in [1.82, 2.24) is 9.62 Å². The van der Waals surface area contributed by atoms with Crippen LogP contribution >= 0.6 is 0 Å². The molecule has 0 aliphatic heterocycles. The molecule has 0 bridgehead atoms. The number of carbonyl (C=O) groups is 1. The summed E-state index contributed by atoms with van der Waals surface area (Å²) in [5.41, 5.74) is 1.59. The lowest BCUT2D eigenvalue weighted by Crippen LogP contribution is -2.39. The lowest BCUT2D eigenvalue weighted by Gasteiger charge is -2.19. The molecule has 1 atom stereocenters. The van der Waals surface area contributed by atoms with Crippen molar-refractivity contribution in [3.05, 3.63) is 59.7 Å². The third-order valence-electron chi connectivity index (χ3n) is 4.18. The predicted molar refractivity (Wildman–Crippen MR) is 105 cm³/mol. The molecular weight excluding hydrogens is 402 g/mol. The van der Waals surface area contributed by atoms with Crippen LogP contribution in [0, 0.1) is 6.92 Å². The van der Waals surface area contributed by atoms with Gasteiger partial charge in [0.2, 0.25) is 26.0 Å². The van der Waals surface area contributed by atoms with Crippen LogP contribution in [0.5, 0.6) is 0 Å². The Kier molecular flexibility index (Phi) is 6.60. The van der Waals surface area contributed by atoms with Crippen LogP contribution in [0.2, 0.25) is 0 Å². The molecule has 28 heavy (non-hydrogen) atoms. The van der Waals surface area contributed by atoms with Crippen LogP contribution in [-0.4, -0.2) is 40.6 Å². The van der Waals surface area contributed by atoms with Gasteiger partial charge in [-0.2, -0.15) is 4.31 Å². The van der Waals surface area contributed by atoms with Gasteiger partial charge in [-0.3, -0.25) is 4.79 Å². The van der Waals surface area contributed by atoms with E-state index < -0.39 is 32.0 Å². The summed E-state index contributed by atoms with van der Waals surface area (Å²) in [5.74, 6) is -0.485. The first-order valence-corrected chi connectivity index (χ1v) is 11.3. The number of aryl methyl sites for hydroxylation is 1. The average molecular weight is 426 g/mol. The third-order valence-corrected chi connectivity index (χ3v) is 6.93. The van der Waals surface area contributed by atoms with Gasteiger partial charge in [0, 0.05) is 7.05 Å². The quantitative estimate of drug-likeness (QED) is 0.688. The number of hydrogen-bond donors (Lipinski definition) is 2. The predicted octanol–water partition coefficient (Wildman–Crippen LogP) is 1.14. The van der Waals surface area contributed by atoms with Gasteiger partial charge in [-0.15, -0.1) is 0 Å². The number of likely N-dealkylation sites (N-methyl/N-ethyl adjacent to an activating group) is 1. The number of nitrogens with two attached hydrogens (primary N) is 1. The van der Waals surface area contributed by atoms with Crippen molar-refractivity contribution in [2.45, 2.75) is 29.7 Å². The van der Waals surface area contributed by atoms with Crippen LogP contribution in [0.4, 0.5) is 0 Å². The molecule has 10 heteroatoms. The van der Waals surface area contributed by atoms with E-state index in [0.29, 0.717) is 5.56 Å². The molecule has 2 rings (SSSR count). The van der Waals surface area contributed by atoms with Crippen molar-refractivity contribution >= 4 is 26.0 Å². The summed E-state index contributed by atoms with van der Waals surface area (Å²) in [6.45, 7) is 3.21. The highest BCUT2D eigenvalue weighted by Crippen LogP contribution is 2.17. The maximum absolute atomic E-state index is 12.5. The Hall–Kier alpha value is -2.27. The van der Waals surface area contributed by atoms with Crippen LogP contribution in [0.25, 0.3) is 0 Å². The van der Waals surface area contributed by atoms with E-state index in [9.17, 15) is 21.6 Å². The van der Waals surface area contributed by atoms with Gasteiger partial charge >= 0.3 is 0 Å². The number of nitrogens with zero attached hydrogens (tertiary/aromatic N) is 1. The van der Waals surface area contributed by atoms with Crippen molar-refractivity contribution in [2.75, 3.05) is 13.6 Å². The molecule has 0 aliphatic rings. The number of benzene rings is 2. The molecule has 0 saturated heterocycles. The zero-order valence-electron chi connectivity index (χ0n) is 15.8. The molecule has 0 saturated carbocycles. The number of amides is 1. The molecule has 1 amide bonds. The summed E-state index contributed by atoms with van der Waals surface area (Å²) in [7, 11) is -6.24. The molecule has 0 fully saturated rings. The van der Waals surface area contributed by atoms with E-state index in [-0.39, 0.29) is 16.3 Å². The molecule has 8 nitrogen and oxygen atoms in total. The first-order valence-electron chi connectivity index (χ1n) is 8.36. The Bertz CT molecular complexity index is 1050. The van der Waals surface area contributed by atoms with E-state index in [1.165, 1.54) is 43.4 Å². The smallest absolute Gasteiger partial charge is 0.243 e. The Morgan fingerprint density at radius 2 is 1.50 bits per heavy atom. The van der Waals surface area contributed by atoms with Crippen LogP contribution in [0.3, 0.4) is 0 Å². The molecule has 0 spiro atoms. The highest BCUT2D eigenvalue weighted by Gasteiger charge is 2.23. The summed E-state index contributed by atoms with van der Waals surface area (Å²) >= 11 is 0. The van der Waals surface area contributed by atoms with Crippen molar-refractivity contribution in [3.8, 4) is 0 Å². The van der Waals surface area contributed by atoms with E-state index in [0.717, 1.165) is 9.87 Å². The molecule has 0 aromatic heterocycles. The molecule has 2 aromatic carbocycles. The molecule has 0 heterocycles. The van der Waals surface area contributed by atoms with Crippen molar-refractivity contribution in [3.63, 3.8) is 0 Å². The molecule has 3 N–H and O–H groups in total. The first-order chi connectivity index (χ1) is 12.9. The van der Waals surface area contributed by atoms with Gasteiger partial charge in [-0.25, -0.2) is 22.0 Å². The fourth-order valence-electron chi connectivity index (χ4n) is 2.49. The molecular formula is C18H23N3O5S2. The Balaban J connectivity index is 2.03. The molecule has 0 aliphatic carbocycles. The Labute approximate surface area is 165 Å². The van der Waals surface area contributed by atoms with Gasteiger partial charge in [0.05, 0.1) is 22.4 Å². The minimum atomic E-state index is -3.79. The van der Waals surface area contributed by atoms with Gasteiger partial charge in [-0.1, -0.05) is 29.8 Å². The molecule has 0 radical (unpaired) electrons. The van der Waals surface area contributed by atoms with E-state index >= 15 is 0 Å². The Morgan fingerprint density at radius 3 is 2.00 bits per heavy atom. The molecule has 2 aromatic rings. The number of sulfonamides is 2. The number of nitrogens with one attached hydrogen (secondary N) is 1.